The highest BCUT2D eigenvalue weighted by molar-refractivity contribution is 6.56. The number of rotatable bonds is 4. The van der Waals surface area contributed by atoms with Gasteiger partial charge in [0.25, 0.3) is 0 Å². The van der Waals surface area contributed by atoms with E-state index in [0.29, 0.717) is 5.56 Å². The summed E-state index contributed by atoms with van der Waals surface area (Å²) in [4.78, 5) is 11.2. The van der Waals surface area contributed by atoms with Gasteiger partial charge in [-0.05, 0) is 50.9 Å². The molecule has 1 aliphatic rings. The van der Waals surface area contributed by atoms with Crippen molar-refractivity contribution in [3.8, 4) is 0 Å². The number of benzene rings is 1. The van der Waals surface area contributed by atoms with Crippen LogP contribution in [-0.2, 0) is 14.1 Å². The maximum absolute atomic E-state index is 13.4. The Bertz CT molecular complexity index is 612. The van der Waals surface area contributed by atoms with Crippen LogP contribution < -0.4 is 5.32 Å². The van der Waals surface area contributed by atoms with Gasteiger partial charge in [-0.25, -0.2) is 4.39 Å². The lowest BCUT2D eigenvalue weighted by atomic mass is 9.77. The first-order valence-electron chi connectivity index (χ1n) is 7.67. The molecule has 6 heteroatoms. The van der Waals surface area contributed by atoms with E-state index < -0.39 is 18.3 Å². The zero-order valence-electron chi connectivity index (χ0n) is 14.3. The van der Waals surface area contributed by atoms with Crippen molar-refractivity contribution in [2.75, 3.05) is 6.54 Å². The quantitative estimate of drug-likeness (QED) is 0.868. The minimum Gasteiger partial charge on any atom is -0.400 e. The zero-order valence-corrected chi connectivity index (χ0v) is 14.3. The molecule has 124 valence electrons. The zero-order chi connectivity index (χ0) is 17.3. The van der Waals surface area contributed by atoms with E-state index in [1.165, 1.54) is 19.1 Å². The predicted molar refractivity (Wildman–Crippen MR) is 89.1 cm³/mol. The van der Waals surface area contributed by atoms with E-state index in [1.54, 1.807) is 18.2 Å². The second-order valence-electron chi connectivity index (χ2n) is 6.77. The summed E-state index contributed by atoms with van der Waals surface area (Å²) in [7, 11) is -0.588. The van der Waals surface area contributed by atoms with Crippen molar-refractivity contribution in [3.05, 3.63) is 41.1 Å². The molecule has 1 heterocycles. The number of carbonyl (C=O) groups is 1. The minimum absolute atomic E-state index is 0.147. The summed E-state index contributed by atoms with van der Waals surface area (Å²) in [6, 6.07) is 6.25. The highest BCUT2D eigenvalue weighted by Crippen LogP contribution is 2.38. The Morgan fingerprint density at radius 1 is 1.26 bits per heavy atom. The summed E-state index contributed by atoms with van der Waals surface area (Å²) in [6.45, 7) is 9.58. The number of carbonyl (C=O) groups excluding carboxylic acids is 1. The van der Waals surface area contributed by atoms with Gasteiger partial charge < -0.3 is 14.6 Å². The SMILES string of the molecule is CC(=O)NCC(=Cc1cccc(F)c1)B1OC(C)(C)C(C)(C)O1. The summed E-state index contributed by atoms with van der Waals surface area (Å²) < 4.78 is 25.4. The van der Waals surface area contributed by atoms with Crippen LogP contribution in [0.25, 0.3) is 6.08 Å². The number of hydrogen-bond donors (Lipinski definition) is 1. The fourth-order valence-electron chi connectivity index (χ4n) is 2.23. The summed E-state index contributed by atoms with van der Waals surface area (Å²) >= 11 is 0. The van der Waals surface area contributed by atoms with Gasteiger partial charge >= 0.3 is 7.12 Å². The Kier molecular flexibility index (Phi) is 4.97. The van der Waals surface area contributed by atoms with Crippen LogP contribution in [0.1, 0.15) is 40.2 Å². The topological polar surface area (TPSA) is 47.6 Å². The Labute approximate surface area is 137 Å². The average molecular weight is 319 g/mol. The van der Waals surface area contributed by atoms with Crippen molar-refractivity contribution < 1.29 is 18.5 Å². The first-order valence-corrected chi connectivity index (χ1v) is 7.67. The molecule has 0 saturated carbocycles. The van der Waals surface area contributed by atoms with Crippen molar-refractivity contribution >= 4 is 19.1 Å². The van der Waals surface area contributed by atoms with E-state index in [2.05, 4.69) is 5.32 Å². The van der Waals surface area contributed by atoms with Gasteiger partial charge in [-0.15, -0.1) is 0 Å². The molecule has 0 unspecified atom stereocenters. The molecule has 1 saturated heterocycles. The lowest BCUT2D eigenvalue weighted by molar-refractivity contribution is -0.118. The van der Waals surface area contributed by atoms with Crippen LogP contribution in [0.2, 0.25) is 0 Å². The van der Waals surface area contributed by atoms with Crippen LogP contribution >= 0.6 is 0 Å². The first kappa shape index (κ1) is 17.7. The summed E-state index contributed by atoms with van der Waals surface area (Å²) in [5.41, 5.74) is 0.480. The van der Waals surface area contributed by atoms with Gasteiger partial charge in [0.2, 0.25) is 5.91 Å². The Morgan fingerprint density at radius 3 is 2.39 bits per heavy atom. The first-order chi connectivity index (χ1) is 10.6. The van der Waals surface area contributed by atoms with Crippen LogP contribution in [-0.4, -0.2) is 30.8 Å². The molecule has 2 rings (SSSR count). The van der Waals surface area contributed by atoms with Gasteiger partial charge in [-0.1, -0.05) is 18.2 Å². The Morgan fingerprint density at radius 2 is 1.87 bits per heavy atom. The summed E-state index contributed by atoms with van der Waals surface area (Å²) in [6.07, 6.45) is 1.79. The number of nitrogens with one attached hydrogen (secondary N) is 1. The van der Waals surface area contributed by atoms with Crippen molar-refractivity contribution in [3.63, 3.8) is 0 Å². The van der Waals surface area contributed by atoms with Crippen molar-refractivity contribution in [2.24, 2.45) is 0 Å². The molecule has 0 aliphatic carbocycles. The largest absolute Gasteiger partial charge is 0.492 e. The molecular weight excluding hydrogens is 296 g/mol. The molecule has 23 heavy (non-hydrogen) atoms. The molecule has 0 atom stereocenters. The van der Waals surface area contributed by atoms with Gasteiger partial charge in [0.1, 0.15) is 5.82 Å². The fourth-order valence-corrected chi connectivity index (χ4v) is 2.23. The van der Waals surface area contributed by atoms with E-state index >= 15 is 0 Å². The summed E-state index contributed by atoms with van der Waals surface area (Å²) in [5, 5.41) is 2.75. The van der Waals surface area contributed by atoms with Gasteiger partial charge in [0.15, 0.2) is 0 Å². The minimum atomic E-state index is -0.588. The number of hydrogen-bond acceptors (Lipinski definition) is 3. The molecule has 0 radical (unpaired) electrons. The molecule has 1 aromatic rings. The lowest BCUT2D eigenvalue weighted by Crippen LogP contribution is -2.41. The smallest absolute Gasteiger partial charge is 0.400 e. The van der Waals surface area contributed by atoms with Crippen molar-refractivity contribution in [1.29, 1.82) is 0 Å². The maximum atomic E-state index is 13.4. The van der Waals surface area contributed by atoms with Crippen LogP contribution in [0.15, 0.2) is 29.7 Å². The predicted octanol–water partition coefficient (Wildman–Crippen LogP) is 2.98. The second kappa shape index (κ2) is 6.45. The maximum Gasteiger partial charge on any atom is 0.492 e. The third-order valence-corrected chi connectivity index (χ3v) is 4.30. The Balaban J connectivity index is 2.30. The van der Waals surface area contributed by atoms with Crippen LogP contribution in [0.5, 0.6) is 0 Å². The van der Waals surface area contributed by atoms with E-state index in [-0.39, 0.29) is 18.3 Å². The molecule has 1 amide bonds. The monoisotopic (exact) mass is 319 g/mol. The molecular formula is C17H23BFNO3. The third kappa shape index (κ3) is 4.21. The molecule has 1 N–H and O–H groups in total. The van der Waals surface area contributed by atoms with Gasteiger partial charge in [-0.3, -0.25) is 4.79 Å². The van der Waals surface area contributed by atoms with E-state index in [9.17, 15) is 9.18 Å². The number of halogens is 1. The highest BCUT2D eigenvalue weighted by atomic mass is 19.1. The van der Waals surface area contributed by atoms with Crippen LogP contribution in [0.4, 0.5) is 4.39 Å². The molecule has 4 nitrogen and oxygen atoms in total. The van der Waals surface area contributed by atoms with Crippen molar-refractivity contribution in [2.45, 2.75) is 45.8 Å². The van der Waals surface area contributed by atoms with Crippen molar-refractivity contribution in [1.82, 2.24) is 5.32 Å². The molecule has 0 bridgehead atoms. The lowest BCUT2D eigenvalue weighted by Gasteiger charge is -2.32. The van der Waals surface area contributed by atoms with Crippen LogP contribution in [0.3, 0.4) is 0 Å². The summed E-state index contributed by atoms with van der Waals surface area (Å²) in [5.74, 6) is -0.460. The fraction of sp³-hybridized carbons (Fsp3) is 0.471. The number of amides is 1. The van der Waals surface area contributed by atoms with E-state index in [1.807, 2.05) is 27.7 Å². The standard InChI is InChI=1S/C17H23BFNO3/c1-12(21)20-11-14(9-13-7-6-8-15(19)10-13)18-22-16(2,3)17(4,5)23-18/h6-10H,11H2,1-5H3,(H,20,21). The highest BCUT2D eigenvalue weighted by Gasteiger charge is 2.52. The third-order valence-electron chi connectivity index (χ3n) is 4.30. The van der Waals surface area contributed by atoms with E-state index in [0.717, 1.165) is 5.47 Å². The average Bonchev–Trinajstić information content (AvgIpc) is 2.63. The Hall–Kier alpha value is -1.66. The molecule has 0 aromatic heterocycles. The van der Waals surface area contributed by atoms with Crippen LogP contribution in [0, 0.1) is 5.82 Å². The second-order valence-corrected chi connectivity index (χ2v) is 6.77. The van der Waals surface area contributed by atoms with Gasteiger partial charge in [0, 0.05) is 13.5 Å². The van der Waals surface area contributed by atoms with Gasteiger partial charge in [0.05, 0.1) is 11.2 Å². The molecule has 1 aliphatic heterocycles. The van der Waals surface area contributed by atoms with Gasteiger partial charge in [-0.2, -0.15) is 0 Å². The normalized spacial score (nSPS) is 19.7. The molecule has 0 spiro atoms. The van der Waals surface area contributed by atoms with E-state index in [4.69, 9.17) is 9.31 Å². The molecule has 1 aromatic carbocycles. The molecule has 1 fully saturated rings.